The third-order valence-electron chi connectivity index (χ3n) is 3.73. The summed E-state index contributed by atoms with van der Waals surface area (Å²) in [4.78, 5) is 44.4. The van der Waals surface area contributed by atoms with Gasteiger partial charge in [-0.3, -0.25) is 14.1 Å². The number of thiazole rings is 1. The number of carbonyl (C=O) groups excluding carboxylic acids is 2. The van der Waals surface area contributed by atoms with Crippen molar-refractivity contribution in [3.63, 3.8) is 0 Å². The van der Waals surface area contributed by atoms with Gasteiger partial charge >= 0.3 is 16.3 Å². The van der Waals surface area contributed by atoms with Crippen LogP contribution in [0.15, 0.2) is 10.5 Å². The number of β-lactam (4-membered cyclic amide) rings is 1. The molecule has 30 heavy (non-hydrogen) atoms. The first-order chi connectivity index (χ1) is 12.8. The van der Waals surface area contributed by atoms with Crippen molar-refractivity contribution in [3.05, 3.63) is 11.1 Å². The second-order valence-corrected chi connectivity index (χ2v) is 8.40. The number of nitrogens with zero attached hydrogens (tertiary/aromatic N) is 3. The van der Waals surface area contributed by atoms with Crippen molar-refractivity contribution < 1.29 is 37.3 Å². The largest absolute Gasteiger partial charge is 0.478 e. The van der Waals surface area contributed by atoms with Crippen LogP contribution in [0.2, 0.25) is 0 Å². The van der Waals surface area contributed by atoms with E-state index in [2.05, 4.69) is 15.5 Å². The molecule has 0 aliphatic carbocycles. The van der Waals surface area contributed by atoms with E-state index in [4.69, 9.17) is 20.2 Å². The average molecular weight is 481 g/mol. The third-order valence-corrected chi connectivity index (χ3v) is 5.41. The van der Waals surface area contributed by atoms with E-state index in [-0.39, 0.29) is 74.2 Å². The smallest absolute Gasteiger partial charge is 0.362 e. The molecule has 2 atom stereocenters. The Morgan fingerprint density at radius 3 is 2.37 bits per heavy atom. The van der Waals surface area contributed by atoms with Crippen LogP contribution in [0.25, 0.3) is 0 Å². The fourth-order valence-corrected chi connectivity index (χ4v) is 3.54. The number of nitrogens with two attached hydrogens (primary N) is 1. The number of carboxylic acids is 1. The number of carboxylic acid groups (broad SMARTS) is 1. The number of carbonyl (C=O) groups is 3. The Morgan fingerprint density at radius 1 is 1.40 bits per heavy atom. The van der Waals surface area contributed by atoms with E-state index >= 15 is 0 Å². The molecule has 0 spiro atoms. The third kappa shape index (κ3) is 6.37. The Bertz CT molecular complexity index is 964. The number of nitrogen functional groups attached to an aromatic ring is 1. The van der Waals surface area contributed by atoms with Gasteiger partial charge in [-0.1, -0.05) is 5.16 Å². The SMILES string of the molecule is C[C@H]1[C@H](NC(=O)/C(=N\OC(C)(C)C(=O)O)c2csc(N)n2)C(=O)N1S(=O)(=O)O.[Na].[Na]. The summed E-state index contributed by atoms with van der Waals surface area (Å²) in [7, 11) is -4.76. The molecule has 1 saturated heterocycles. The number of amides is 2. The Morgan fingerprint density at radius 2 is 1.97 bits per heavy atom. The van der Waals surface area contributed by atoms with Gasteiger partial charge in [0.2, 0.25) is 5.60 Å². The molecule has 0 aromatic carbocycles. The summed E-state index contributed by atoms with van der Waals surface area (Å²) in [5.41, 5.74) is 3.26. The van der Waals surface area contributed by atoms with Crippen LogP contribution in [0.5, 0.6) is 0 Å². The van der Waals surface area contributed by atoms with Gasteiger partial charge in [0.25, 0.3) is 11.8 Å². The van der Waals surface area contributed by atoms with Crippen LogP contribution in [-0.4, -0.2) is 128 Å². The standard InChI is InChI=1S/C13H17N5O8S2.2Na/c1-5-7(10(20)18(5)28(23,24)25)16-9(19)8(6-4-27-12(14)15-6)17-26-13(2,3)11(21)22;;/h4-5,7H,1-3H3,(H2,14,15)(H,16,19)(H,21,22)(H,23,24,25);;/b17-8-;;/t5-,7-;;/m0../s1. The minimum Gasteiger partial charge on any atom is -0.478 e. The first-order valence-corrected chi connectivity index (χ1v) is 9.86. The molecule has 17 heteroatoms. The van der Waals surface area contributed by atoms with Crippen LogP contribution >= 0.6 is 11.3 Å². The summed E-state index contributed by atoms with van der Waals surface area (Å²) in [5, 5.41) is 16.3. The minimum atomic E-state index is -4.76. The zero-order chi connectivity index (χ0) is 21.4. The molecule has 2 radical (unpaired) electrons. The van der Waals surface area contributed by atoms with Crippen LogP contribution in [0, 0.1) is 0 Å². The van der Waals surface area contributed by atoms with Crippen LogP contribution in [-0.2, 0) is 29.5 Å². The van der Waals surface area contributed by atoms with Gasteiger partial charge in [0.15, 0.2) is 10.8 Å². The average Bonchev–Trinajstić information content (AvgIpc) is 2.97. The molecule has 0 saturated carbocycles. The van der Waals surface area contributed by atoms with E-state index in [1.54, 1.807) is 0 Å². The Kier molecular flexibility index (Phi) is 10.4. The van der Waals surface area contributed by atoms with Crippen molar-refractivity contribution in [2.24, 2.45) is 5.16 Å². The molecule has 2 rings (SSSR count). The summed E-state index contributed by atoms with van der Waals surface area (Å²) in [5.74, 6) is -3.38. The second-order valence-electron chi connectivity index (χ2n) is 6.22. The molecule has 156 valence electrons. The fraction of sp³-hybridized carbons (Fsp3) is 0.462. The van der Waals surface area contributed by atoms with E-state index in [0.29, 0.717) is 0 Å². The second kappa shape index (κ2) is 10.7. The quantitative estimate of drug-likeness (QED) is 0.112. The maximum Gasteiger partial charge on any atom is 0.362 e. The molecule has 1 aliphatic rings. The minimum absolute atomic E-state index is 0. The van der Waals surface area contributed by atoms with E-state index in [1.807, 2.05) is 0 Å². The first-order valence-electron chi connectivity index (χ1n) is 7.58. The molecule has 5 N–H and O–H groups in total. The monoisotopic (exact) mass is 481 g/mol. The zero-order valence-corrected chi connectivity index (χ0v) is 22.4. The van der Waals surface area contributed by atoms with Gasteiger partial charge in [0.1, 0.15) is 11.7 Å². The summed E-state index contributed by atoms with van der Waals surface area (Å²) in [6.45, 7) is 3.69. The van der Waals surface area contributed by atoms with Crippen LogP contribution in [0.4, 0.5) is 5.13 Å². The molecular weight excluding hydrogens is 464 g/mol. The van der Waals surface area contributed by atoms with Crippen molar-refractivity contribution in [1.29, 1.82) is 0 Å². The summed E-state index contributed by atoms with van der Waals surface area (Å²) in [6, 6.07) is -2.31. The van der Waals surface area contributed by atoms with Crippen molar-refractivity contribution in [3.8, 4) is 0 Å². The number of hydrogen-bond acceptors (Lipinski definition) is 10. The molecule has 1 fully saturated rings. The van der Waals surface area contributed by atoms with Gasteiger partial charge < -0.3 is 21.0 Å². The number of anilines is 1. The molecule has 1 aliphatic heterocycles. The van der Waals surface area contributed by atoms with Gasteiger partial charge in [-0.15, -0.1) is 11.3 Å². The number of aromatic nitrogens is 1. The van der Waals surface area contributed by atoms with Gasteiger partial charge in [-0.05, 0) is 20.8 Å². The van der Waals surface area contributed by atoms with Crippen LogP contribution < -0.4 is 11.1 Å². The molecule has 1 aromatic rings. The predicted molar refractivity (Wildman–Crippen MR) is 107 cm³/mol. The number of nitrogens with one attached hydrogen (secondary N) is 1. The fourth-order valence-electron chi connectivity index (χ4n) is 2.11. The number of aliphatic carboxylic acids is 1. The molecule has 0 unspecified atom stereocenters. The molecule has 0 bridgehead atoms. The maximum absolute atomic E-state index is 12.6. The topological polar surface area (TPSA) is 202 Å². The zero-order valence-electron chi connectivity index (χ0n) is 16.8. The summed E-state index contributed by atoms with van der Waals surface area (Å²) in [6.07, 6.45) is 0. The molecular formula is C13H17N5Na2O8S2. The van der Waals surface area contributed by atoms with Crippen molar-refractivity contribution in [1.82, 2.24) is 14.6 Å². The Hall–Kier alpha value is -0.780. The molecule has 2 amide bonds. The van der Waals surface area contributed by atoms with Crippen molar-refractivity contribution in [2.45, 2.75) is 38.5 Å². The predicted octanol–water partition coefficient (Wildman–Crippen LogP) is -1.93. The van der Waals surface area contributed by atoms with Gasteiger partial charge in [0, 0.05) is 64.5 Å². The van der Waals surface area contributed by atoms with Gasteiger partial charge in [0.05, 0.1) is 6.04 Å². The molecule has 2 heterocycles. The maximum atomic E-state index is 12.6. The van der Waals surface area contributed by atoms with Crippen molar-refractivity contribution in [2.75, 3.05) is 5.73 Å². The Labute approximate surface area is 219 Å². The van der Waals surface area contributed by atoms with E-state index < -0.39 is 51.5 Å². The van der Waals surface area contributed by atoms with E-state index in [9.17, 15) is 22.8 Å². The number of hydrogen-bond donors (Lipinski definition) is 4. The Balaban J connectivity index is 0.00000420. The number of rotatable bonds is 7. The summed E-state index contributed by atoms with van der Waals surface area (Å²) < 4.78 is 31.4. The first kappa shape index (κ1) is 29.2. The normalized spacial score (nSPS) is 19.1. The van der Waals surface area contributed by atoms with E-state index in [1.165, 1.54) is 26.2 Å². The molecule has 1 aromatic heterocycles. The summed E-state index contributed by atoms with van der Waals surface area (Å²) >= 11 is 0.980. The van der Waals surface area contributed by atoms with E-state index in [0.717, 1.165) is 11.3 Å². The van der Waals surface area contributed by atoms with Crippen molar-refractivity contribution >= 4 is 109 Å². The van der Waals surface area contributed by atoms with Gasteiger partial charge in [-0.25, -0.2) is 14.1 Å². The van der Waals surface area contributed by atoms with Gasteiger partial charge in [-0.2, -0.15) is 8.42 Å². The molecule has 13 nitrogen and oxygen atoms in total. The van der Waals surface area contributed by atoms with Crippen LogP contribution in [0.1, 0.15) is 26.5 Å². The van der Waals surface area contributed by atoms with Crippen LogP contribution in [0.3, 0.4) is 0 Å². The number of oxime groups is 1.